The van der Waals surface area contributed by atoms with Crippen molar-refractivity contribution < 1.29 is 5.11 Å². The molecular formula is C14H24N4O. The van der Waals surface area contributed by atoms with Crippen LogP contribution in [0.5, 0.6) is 0 Å². The molecule has 0 unspecified atom stereocenters. The van der Waals surface area contributed by atoms with Crippen LogP contribution in [0.4, 0.5) is 11.6 Å². The van der Waals surface area contributed by atoms with Crippen molar-refractivity contribution in [3.05, 3.63) is 11.4 Å². The third-order valence-electron chi connectivity index (χ3n) is 3.72. The fourth-order valence-electron chi connectivity index (χ4n) is 2.05. The highest BCUT2D eigenvalue weighted by atomic mass is 16.3. The van der Waals surface area contributed by atoms with E-state index in [2.05, 4.69) is 36.1 Å². The van der Waals surface area contributed by atoms with E-state index >= 15 is 0 Å². The van der Waals surface area contributed by atoms with Crippen LogP contribution in [0, 0.1) is 6.92 Å². The van der Waals surface area contributed by atoms with Crippen molar-refractivity contribution in [3.8, 4) is 0 Å². The lowest BCUT2D eigenvalue weighted by atomic mass is 9.80. The number of aromatic nitrogens is 2. The van der Waals surface area contributed by atoms with Crippen molar-refractivity contribution in [1.82, 2.24) is 9.97 Å². The lowest BCUT2D eigenvalue weighted by Crippen LogP contribution is -2.43. The molecule has 5 heteroatoms. The molecule has 1 saturated carbocycles. The van der Waals surface area contributed by atoms with Gasteiger partial charge in [-0.2, -0.15) is 0 Å². The van der Waals surface area contributed by atoms with Crippen LogP contribution in [0.15, 0.2) is 0 Å². The molecule has 5 nitrogen and oxygen atoms in total. The molecule has 0 bridgehead atoms. The normalized spacial score (nSPS) is 17.9. The summed E-state index contributed by atoms with van der Waals surface area (Å²) in [5.41, 5.74) is 6.07. The van der Waals surface area contributed by atoms with Crippen molar-refractivity contribution in [1.29, 1.82) is 0 Å². The average molecular weight is 264 g/mol. The fourth-order valence-corrected chi connectivity index (χ4v) is 2.05. The Morgan fingerprint density at radius 3 is 2.42 bits per heavy atom. The first kappa shape index (κ1) is 14.1. The standard InChI is InChI=1S/C14H24N4O/c1-9-10(15)17-12(13(2,3)4)18-11(9)16-8-14(19)6-5-7-14/h19H,5-8H2,1-4H3,(H3,15,16,17,18). The monoisotopic (exact) mass is 264 g/mol. The molecule has 2 rings (SSSR count). The second kappa shape index (κ2) is 4.63. The SMILES string of the molecule is Cc1c(N)nc(C(C)(C)C)nc1NCC1(O)CCC1. The first-order valence-electron chi connectivity index (χ1n) is 6.82. The highest BCUT2D eigenvalue weighted by Crippen LogP contribution is 2.32. The second-order valence-corrected chi connectivity index (χ2v) is 6.59. The van der Waals surface area contributed by atoms with Gasteiger partial charge >= 0.3 is 0 Å². The maximum Gasteiger partial charge on any atom is 0.138 e. The van der Waals surface area contributed by atoms with E-state index in [0.29, 0.717) is 12.4 Å². The molecular weight excluding hydrogens is 240 g/mol. The number of nitrogen functional groups attached to an aromatic ring is 1. The highest BCUT2D eigenvalue weighted by Gasteiger charge is 2.34. The Morgan fingerprint density at radius 1 is 1.32 bits per heavy atom. The maximum absolute atomic E-state index is 10.1. The van der Waals surface area contributed by atoms with Crippen LogP contribution in [0.1, 0.15) is 51.4 Å². The van der Waals surface area contributed by atoms with Crippen LogP contribution >= 0.6 is 0 Å². The lowest BCUT2D eigenvalue weighted by Gasteiger charge is -2.37. The maximum atomic E-state index is 10.1. The quantitative estimate of drug-likeness (QED) is 0.777. The number of hydrogen-bond acceptors (Lipinski definition) is 5. The summed E-state index contributed by atoms with van der Waals surface area (Å²) < 4.78 is 0. The van der Waals surface area contributed by atoms with Gasteiger partial charge < -0.3 is 16.2 Å². The van der Waals surface area contributed by atoms with E-state index in [-0.39, 0.29) is 5.41 Å². The average Bonchev–Trinajstić information content (AvgIpc) is 2.27. The zero-order chi connectivity index (χ0) is 14.3. The predicted molar refractivity (Wildman–Crippen MR) is 77.2 cm³/mol. The number of anilines is 2. The van der Waals surface area contributed by atoms with Crippen LogP contribution in [-0.2, 0) is 5.41 Å². The van der Waals surface area contributed by atoms with Gasteiger partial charge in [0.2, 0.25) is 0 Å². The molecule has 0 aromatic carbocycles. The molecule has 1 aromatic heterocycles. The van der Waals surface area contributed by atoms with Gasteiger partial charge in [0.25, 0.3) is 0 Å². The number of rotatable bonds is 3. The van der Waals surface area contributed by atoms with Crippen molar-refractivity contribution in [2.75, 3.05) is 17.6 Å². The number of aliphatic hydroxyl groups is 1. The van der Waals surface area contributed by atoms with Crippen LogP contribution in [0.25, 0.3) is 0 Å². The molecule has 0 aliphatic heterocycles. The van der Waals surface area contributed by atoms with Crippen molar-refractivity contribution in [2.24, 2.45) is 0 Å². The zero-order valence-corrected chi connectivity index (χ0v) is 12.2. The molecule has 1 aliphatic carbocycles. The van der Waals surface area contributed by atoms with Gasteiger partial charge in [-0.25, -0.2) is 9.97 Å². The second-order valence-electron chi connectivity index (χ2n) is 6.59. The summed E-state index contributed by atoms with van der Waals surface area (Å²) in [7, 11) is 0. The summed E-state index contributed by atoms with van der Waals surface area (Å²) in [5, 5.41) is 13.4. The Balaban J connectivity index is 2.21. The third-order valence-corrected chi connectivity index (χ3v) is 3.72. The fraction of sp³-hybridized carbons (Fsp3) is 0.714. The minimum Gasteiger partial charge on any atom is -0.388 e. The summed E-state index contributed by atoms with van der Waals surface area (Å²) in [5.74, 6) is 1.96. The Labute approximate surface area is 114 Å². The van der Waals surface area contributed by atoms with E-state index in [1.165, 1.54) is 0 Å². The Morgan fingerprint density at radius 2 is 1.95 bits per heavy atom. The van der Waals surface area contributed by atoms with Gasteiger partial charge in [0.05, 0.1) is 5.60 Å². The van der Waals surface area contributed by atoms with Gasteiger partial charge in [-0.1, -0.05) is 20.8 Å². The molecule has 0 atom stereocenters. The molecule has 1 aromatic rings. The summed E-state index contributed by atoms with van der Waals surface area (Å²) in [6, 6.07) is 0. The van der Waals surface area contributed by atoms with Gasteiger partial charge in [-0.15, -0.1) is 0 Å². The molecule has 1 aliphatic rings. The van der Waals surface area contributed by atoms with Crippen molar-refractivity contribution >= 4 is 11.6 Å². The van der Waals surface area contributed by atoms with Gasteiger partial charge in [-0.3, -0.25) is 0 Å². The number of nitrogens with zero attached hydrogens (tertiary/aromatic N) is 2. The Hall–Kier alpha value is -1.36. The predicted octanol–water partition coefficient (Wildman–Crippen LogP) is 1.99. The summed E-state index contributed by atoms with van der Waals surface area (Å²) in [6.07, 6.45) is 2.80. The number of hydrogen-bond donors (Lipinski definition) is 3. The third kappa shape index (κ3) is 2.97. The molecule has 0 spiro atoms. The molecule has 0 saturated heterocycles. The molecule has 19 heavy (non-hydrogen) atoms. The Bertz CT molecular complexity index is 475. The molecule has 1 fully saturated rings. The first-order valence-corrected chi connectivity index (χ1v) is 6.82. The molecule has 106 valence electrons. The zero-order valence-electron chi connectivity index (χ0n) is 12.2. The first-order chi connectivity index (χ1) is 8.71. The van der Waals surface area contributed by atoms with Gasteiger partial charge in [-0.05, 0) is 26.2 Å². The van der Waals surface area contributed by atoms with Gasteiger partial charge in [0.1, 0.15) is 17.5 Å². The largest absolute Gasteiger partial charge is 0.388 e. The summed E-state index contributed by atoms with van der Waals surface area (Å²) >= 11 is 0. The van der Waals surface area contributed by atoms with E-state index in [9.17, 15) is 5.11 Å². The van der Waals surface area contributed by atoms with E-state index in [1.807, 2.05) is 6.92 Å². The summed E-state index contributed by atoms with van der Waals surface area (Å²) in [6.45, 7) is 8.59. The molecule has 0 amide bonds. The number of nitrogens with one attached hydrogen (secondary N) is 1. The lowest BCUT2D eigenvalue weighted by molar-refractivity contribution is -0.0202. The molecule has 4 N–H and O–H groups in total. The van der Waals surface area contributed by atoms with Crippen molar-refractivity contribution in [2.45, 2.75) is 58.0 Å². The van der Waals surface area contributed by atoms with Crippen LogP contribution in [-0.4, -0.2) is 27.2 Å². The smallest absolute Gasteiger partial charge is 0.138 e. The van der Waals surface area contributed by atoms with E-state index < -0.39 is 5.60 Å². The van der Waals surface area contributed by atoms with E-state index in [0.717, 1.165) is 36.5 Å². The van der Waals surface area contributed by atoms with Crippen LogP contribution in [0.3, 0.4) is 0 Å². The van der Waals surface area contributed by atoms with Crippen LogP contribution < -0.4 is 11.1 Å². The molecule has 0 radical (unpaired) electrons. The van der Waals surface area contributed by atoms with Gasteiger partial charge in [0, 0.05) is 17.5 Å². The van der Waals surface area contributed by atoms with Crippen LogP contribution in [0.2, 0.25) is 0 Å². The Kier molecular flexibility index (Phi) is 3.43. The topological polar surface area (TPSA) is 84.1 Å². The minimum absolute atomic E-state index is 0.147. The highest BCUT2D eigenvalue weighted by molar-refractivity contribution is 5.55. The summed E-state index contributed by atoms with van der Waals surface area (Å²) in [4.78, 5) is 8.90. The molecule has 1 heterocycles. The van der Waals surface area contributed by atoms with Gasteiger partial charge in [0.15, 0.2) is 0 Å². The van der Waals surface area contributed by atoms with E-state index in [4.69, 9.17) is 5.73 Å². The van der Waals surface area contributed by atoms with Crippen molar-refractivity contribution in [3.63, 3.8) is 0 Å². The number of nitrogens with two attached hydrogens (primary N) is 1. The minimum atomic E-state index is -0.575. The van der Waals surface area contributed by atoms with E-state index in [1.54, 1.807) is 0 Å².